The molecule has 49 heavy (non-hydrogen) atoms. The molecule has 11 rings (SSSR count). The van der Waals surface area contributed by atoms with Crippen molar-refractivity contribution in [2.24, 2.45) is 17.8 Å². The summed E-state index contributed by atoms with van der Waals surface area (Å²) in [5, 5.41) is 11.7. The van der Waals surface area contributed by atoms with Gasteiger partial charge in [-0.3, -0.25) is 0 Å². The summed E-state index contributed by atoms with van der Waals surface area (Å²) in [6.07, 6.45) is 8.33. The van der Waals surface area contributed by atoms with Crippen LogP contribution in [-0.2, 0) is 5.41 Å². The van der Waals surface area contributed by atoms with E-state index in [0.29, 0.717) is 34.0 Å². The average molecular weight is 635 g/mol. The molecule has 4 saturated carbocycles. The molecule has 0 amide bonds. The van der Waals surface area contributed by atoms with Crippen molar-refractivity contribution in [3.63, 3.8) is 0 Å². The molecule has 5 aromatic carbocycles. The monoisotopic (exact) mass is 634 g/mol. The minimum atomic E-state index is 0.333. The van der Waals surface area contributed by atoms with E-state index in [2.05, 4.69) is 78.9 Å². The number of aromatic nitrogens is 3. The van der Waals surface area contributed by atoms with Crippen LogP contribution in [0, 0.1) is 29.1 Å². The largest absolute Gasteiger partial charge is 0.455 e. The van der Waals surface area contributed by atoms with E-state index in [9.17, 15) is 5.26 Å². The van der Waals surface area contributed by atoms with Gasteiger partial charge in [-0.05, 0) is 96.6 Å². The van der Waals surface area contributed by atoms with Gasteiger partial charge in [0.05, 0.1) is 5.56 Å². The van der Waals surface area contributed by atoms with Crippen LogP contribution in [-0.4, -0.2) is 15.0 Å². The molecule has 2 heterocycles. The fraction of sp³-hybridized carbons (Fsp3) is 0.227. The van der Waals surface area contributed by atoms with Gasteiger partial charge in [-0.25, -0.2) is 15.0 Å². The number of para-hydroxylation sites is 1. The van der Waals surface area contributed by atoms with Gasteiger partial charge in [-0.2, -0.15) is 5.26 Å². The number of nitriles is 1. The van der Waals surface area contributed by atoms with Crippen LogP contribution in [0.5, 0.6) is 0 Å². The van der Waals surface area contributed by atoms with E-state index < -0.39 is 0 Å². The first-order valence-electron chi connectivity index (χ1n) is 17.5. The Morgan fingerprint density at radius 3 is 1.78 bits per heavy atom. The predicted molar refractivity (Wildman–Crippen MR) is 193 cm³/mol. The van der Waals surface area contributed by atoms with Gasteiger partial charge in [0.2, 0.25) is 0 Å². The van der Waals surface area contributed by atoms with Gasteiger partial charge in [0.15, 0.2) is 23.1 Å². The van der Waals surface area contributed by atoms with Crippen LogP contribution in [0.15, 0.2) is 120 Å². The maximum Gasteiger partial charge on any atom is 0.164 e. The quantitative estimate of drug-likeness (QED) is 0.188. The van der Waals surface area contributed by atoms with Gasteiger partial charge >= 0.3 is 0 Å². The Morgan fingerprint density at radius 2 is 1.12 bits per heavy atom. The number of fused-ring (bicyclic) bond motifs is 3. The van der Waals surface area contributed by atoms with E-state index in [1.54, 1.807) is 6.07 Å². The summed E-state index contributed by atoms with van der Waals surface area (Å²) in [6.45, 7) is 0. The molecule has 5 heteroatoms. The summed E-state index contributed by atoms with van der Waals surface area (Å²) in [4.78, 5) is 15.3. The molecule has 0 radical (unpaired) electrons. The van der Waals surface area contributed by atoms with Gasteiger partial charge in [0, 0.05) is 27.5 Å². The smallest absolute Gasteiger partial charge is 0.164 e. The first-order valence-corrected chi connectivity index (χ1v) is 17.5. The molecule has 0 unspecified atom stereocenters. The highest BCUT2D eigenvalue weighted by atomic mass is 16.3. The molecule has 0 atom stereocenters. The van der Waals surface area contributed by atoms with Crippen molar-refractivity contribution < 1.29 is 4.42 Å². The number of benzene rings is 5. The highest BCUT2D eigenvalue weighted by Crippen LogP contribution is 2.60. The zero-order valence-electron chi connectivity index (χ0n) is 27.1. The summed E-state index contributed by atoms with van der Waals surface area (Å²) in [6, 6.07) is 41.9. The van der Waals surface area contributed by atoms with Crippen LogP contribution < -0.4 is 0 Å². The molecule has 4 bridgehead atoms. The summed E-state index contributed by atoms with van der Waals surface area (Å²) in [5.41, 5.74) is 8.59. The van der Waals surface area contributed by atoms with Crippen molar-refractivity contribution in [3.05, 3.63) is 126 Å². The van der Waals surface area contributed by atoms with Crippen molar-refractivity contribution in [2.45, 2.75) is 43.9 Å². The molecule has 0 N–H and O–H groups in total. The molecule has 5 nitrogen and oxygen atoms in total. The van der Waals surface area contributed by atoms with E-state index >= 15 is 0 Å². The van der Waals surface area contributed by atoms with Crippen LogP contribution in [0.4, 0.5) is 0 Å². The van der Waals surface area contributed by atoms with Crippen LogP contribution in [0.2, 0.25) is 0 Å². The number of nitrogens with zero attached hydrogens (tertiary/aromatic N) is 4. The normalized spacial score (nSPS) is 22.5. The van der Waals surface area contributed by atoms with Crippen LogP contribution in [0.1, 0.15) is 49.7 Å². The third-order valence-corrected chi connectivity index (χ3v) is 11.6. The van der Waals surface area contributed by atoms with Crippen molar-refractivity contribution in [1.82, 2.24) is 15.0 Å². The summed E-state index contributed by atoms with van der Waals surface area (Å²) in [7, 11) is 0. The Morgan fingerprint density at radius 1 is 0.571 bits per heavy atom. The fourth-order valence-corrected chi connectivity index (χ4v) is 9.74. The van der Waals surface area contributed by atoms with Gasteiger partial charge in [0.25, 0.3) is 0 Å². The van der Waals surface area contributed by atoms with Crippen LogP contribution >= 0.6 is 0 Å². The van der Waals surface area contributed by atoms with Crippen molar-refractivity contribution >= 4 is 21.9 Å². The standard InChI is InChI=1S/C44H34N4O/c45-26-34-16-19-37(39-36-8-4-5-9-38(36)49-40(34)39)43-47-41(32-12-10-31(11-13-32)30-6-2-1-3-7-30)46-42(48-43)33-14-17-35(18-15-33)44-23-27-20-28(24-44)22-29(21-27)25-44/h1-19,27-29H,20-25H2/t27-,28-,29-,44?. The Labute approximate surface area is 285 Å². The minimum absolute atomic E-state index is 0.333. The van der Waals surface area contributed by atoms with Crippen LogP contribution in [0.25, 0.3) is 67.2 Å². The molecule has 4 fully saturated rings. The molecule has 2 aromatic heterocycles. The molecule has 0 aliphatic heterocycles. The Balaban J connectivity index is 1.11. The van der Waals surface area contributed by atoms with Gasteiger partial charge in [-0.1, -0.05) is 97.1 Å². The lowest BCUT2D eigenvalue weighted by Crippen LogP contribution is -2.48. The Kier molecular flexibility index (Phi) is 6.36. The van der Waals surface area contributed by atoms with E-state index in [4.69, 9.17) is 19.4 Å². The topological polar surface area (TPSA) is 75.6 Å². The number of furan rings is 1. The summed E-state index contributed by atoms with van der Waals surface area (Å²) in [5.74, 6) is 4.49. The SMILES string of the molecule is N#Cc1ccc(-c2nc(-c3ccc(-c4ccccc4)cc3)nc(-c3ccc(C45C[C@H]6C[C@H](C4)C[C@@H](C5)C6)cc3)n2)c2c1oc1ccccc12. The highest BCUT2D eigenvalue weighted by molar-refractivity contribution is 6.13. The second kappa shape index (κ2) is 11.0. The Hall–Kier alpha value is -5.60. The molecule has 236 valence electrons. The second-order valence-electron chi connectivity index (χ2n) is 14.6. The lowest BCUT2D eigenvalue weighted by molar-refractivity contribution is -0.00518. The van der Waals surface area contributed by atoms with Crippen LogP contribution in [0.3, 0.4) is 0 Å². The molecular weight excluding hydrogens is 601 g/mol. The number of hydrogen-bond donors (Lipinski definition) is 0. The predicted octanol–water partition coefficient (Wildman–Crippen LogP) is 10.8. The minimum Gasteiger partial charge on any atom is -0.455 e. The molecule has 0 spiro atoms. The summed E-state index contributed by atoms with van der Waals surface area (Å²) < 4.78 is 6.24. The van der Waals surface area contributed by atoms with E-state index in [1.165, 1.54) is 44.1 Å². The first-order chi connectivity index (χ1) is 24.1. The zero-order chi connectivity index (χ0) is 32.5. The van der Waals surface area contributed by atoms with Gasteiger partial charge < -0.3 is 4.42 Å². The van der Waals surface area contributed by atoms with E-state index in [1.807, 2.05) is 36.4 Å². The molecule has 0 saturated heterocycles. The molecular formula is C44H34N4O. The zero-order valence-corrected chi connectivity index (χ0v) is 27.1. The van der Waals surface area contributed by atoms with E-state index in [-0.39, 0.29) is 0 Å². The highest BCUT2D eigenvalue weighted by Gasteiger charge is 2.51. The van der Waals surface area contributed by atoms with Crippen molar-refractivity contribution in [3.8, 4) is 51.4 Å². The van der Waals surface area contributed by atoms with Gasteiger partial charge in [0.1, 0.15) is 11.7 Å². The second-order valence-corrected chi connectivity index (χ2v) is 14.6. The Bertz CT molecular complexity index is 2380. The van der Waals surface area contributed by atoms with Gasteiger partial charge in [-0.15, -0.1) is 0 Å². The number of hydrogen-bond acceptors (Lipinski definition) is 5. The molecule has 7 aromatic rings. The summed E-state index contributed by atoms with van der Waals surface area (Å²) >= 11 is 0. The molecule has 4 aliphatic rings. The average Bonchev–Trinajstić information content (AvgIpc) is 3.54. The first kappa shape index (κ1) is 28.4. The van der Waals surface area contributed by atoms with E-state index in [0.717, 1.165) is 61.9 Å². The maximum absolute atomic E-state index is 9.95. The lowest BCUT2D eigenvalue weighted by atomic mass is 9.48. The fourth-order valence-electron chi connectivity index (χ4n) is 9.74. The van der Waals surface area contributed by atoms with Crippen molar-refractivity contribution in [2.75, 3.05) is 0 Å². The van der Waals surface area contributed by atoms with Crippen molar-refractivity contribution in [1.29, 1.82) is 5.26 Å². The third kappa shape index (κ3) is 4.70. The molecule has 4 aliphatic carbocycles. The third-order valence-electron chi connectivity index (χ3n) is 11.6. The maximum atomic E-state index is 9.95. The number of rotatable bonds is 5. The lowest BCUT2D eigenvalue weighted by Gasteiger charge is -2.57.